The predicted octanol–water partition coefficient (Wildman–Crippen LogP) is 2.08. The maximum atomic E-state index is 4.98. The molecule has 0 saturated carbocycles. The average Bonchev–Trinajstić information content (AvgIpc) is 2.84. The Bertz CT molecular complexity index is 327. The molecule has 3 aliphatic heterocycles. The highest BCUT2D eigenvalue weighted by atomic mass is 32.2. The van der Waals surface area contributed by atoms with E-state index in [1.807, 2.05) is 11.8 Å². The van der Waals surface area contributed by atoms with E-state index in [1.165, 1.54) is 43.9 Å². The summed E-state index contributed by atoms with van der Waals surface area (Å²) in [4.78, 5) is 7.64. The molecule has 3 heterocycles. The third kappa shape index (κ3) is 2.48. The molecule has 0 aromatic rings. The third-order valence-electron chi connectivity index (χ3n) is 4.12. The van der Waals surface area contributed by atoms with Crippen LogP contribution in [0.15, 0.2) is 4.99 Å². The summed E-state index contributed by atoms with van der Waals surface area (Å²) < 4.78 is 0. The van der Waals surface area contributed by atoms with E-state index in [1.54, 1.807) is 0 Å². The van der Waals surface area contributed by atoms with Gasteiger partial charge in [0, 0.05) is 23.9 Å². The molecule has 3 aliphatic rings. The summed E-state index contributed by atoms with van der Waals surface area (Å²) in [6.45, 7) is 7.08. The van der Waals surface area contributed by atoms with Gasteiger partial charge in [0.15, 0.2) is 5.17 Å². The summed E-state index contributed by atoms with van der Waals surface area (Å²) in [7, 11) is 0. The lowest BCUT2D eigenvalue weighted by Gasteiger charge is -2.31. The molecule has 0 aliphatic carbocycles. The van der Waals surface area contributed by atoms with E-state index in [9.17, 15) is 0 Å². The average molecular weight is 253 g/mol. The fourth-order valence-corrected chi connectivity index (χ4v) is 4.33. The number of piperidine rings is 1. The van der Waals surface area contributed by atoms with Gasteiger partial charge in [-0.25, -0.2) is 0 Å². The Hall–Kier alpha value is -0.220. The van der Waals surface area contributed by atoms with Gasteiger partial charge in [-0.1, -0.05) is 18.2 Å². The number of hydrogen-bond acceptors (Lipinski definition) is 3. The van der Waals surface area contributed by atoms with Crippen molar-refractivity contribution < 1.29 is 0 Å². The minimum atomic E-state index is 0.231. The summed E-state index contributed by atoms with van der Waals surface area (Å²) in [5.41, 5.74) is 0.231. The Labute approximate surface area is 108 Å². The molecule has 2 unspecified atom stereocenters. The van der Waals surface area contributed by atoms with E-state index in [-0.39, 0.29) is 5.54 Å². The van der Waals surface area contributed by atoms with E-state index in [0.29, 0.717) is 6.04 Å². The number of nitrogens with zero attached hydrogens (tertiary/aromatic N) is 2. The van der Waals surface area contributed by atoms with Crippen molar-refractivity contribution in [3.05, 3.63) is 0 Å². The van der Waals surface area contributed by atoms with Gasteiger partial charge in [-0.15, -0.1) is 0 Å². The standard InChI is InChI=1S/C13H23N3S/c1-13(2)9-17-12(15-13)14-10-6-8-16-7-4-3-5-11(10)16/h10-11H,3-9H2,1-2H3,(H,14,15). The predicted molar refractivity (Wildman–Crippen MR) is 74.7 cm³/mol. The number of nitrogens with one attached hydrogen (secondary N) is 1. The van der Waals surface area contributed by atoms with Crippen LogP contribution in [0, 0.1) is 0 Å². The van der Waals surface area contributed by atoms with E-state index in [2.05, 4.69) is 24.1 Å². The molecular weight excluding hydrogens is 230 g/mol. The lowest BCUT2D eigenvalue weighted by Crippen LogP contribution is -2.40. The van der Waals surface area contributed by atoms with Crippen molar-refractivity contribution >= 4 is 16.9 Å². The van der Waals surface area contributed by atoms with Crippen LogP contribution in [0.4, 0.5) is 0 Å². The first-order valence-corrected chi connectivity index (χ1v) is 7.85. The van der Waals surface area contributed by atoms with Gasteiger partial charge in [0.2, 0.25) is 0 Å². The monoisotopic (exact) mass is 253 g/mol. The molecule has 3 nitrogen and oxygen atoms in total. The number of hydrogen-bond donors (Lipinski definition) is 1. The van der Waals surface area contributed by atoms with Gasteiger partial charge < -0.3 is 5.32 Å². The van der Waals surface area contributed by atoms with Gasteiger partial charge in [0.05, 0.1) is 6.04 Å². The largest absolute Gasteiger partial charge is 0.359 e. The molecule has 3 saturated heterocycles. The molecule has 1 N–H and O–H groups in total. The van der Waals surface area contributed by atoms with E-state index in [0.717, 1.165) is 11.8 Å². The lowest BCUT2D eigenvalue weighted by atomic mass is 10.00. The van der Waals surface area contributed by atoms with Crippen molar-refractivity contribution in [1.29, 1.82) is 0 Å². The number of rotatable bonds is 1. The lowest BCUT2D eigenvalue weighted by molar-refractivity contribution is 0.190. The number of thioether (sulfide) groups is 1. The molecule has 3 rings (SSSR count). The molecule has 4 heteroatoms. The van der Waals surface area contributed by atoms with Crippen LogP contribution in [0.5, 0.6) is 0 Å². The third-order valence-corrected chi connectivity index (χ3v) is 5.47. The Morgan fingerprint density at radius 1 is 1.29 bits per heavy atom. The zero-order valence-corrected chi connectivity index (χ0v) is 11.7. The van der Waals surface area contributed by atoms with E-state index < -0.39 is 0 Å². The first kappa shape index (κ1) is 11.8. The van der Waals surface area contributed by atoms with Crippen LogP contribution < -0.4 is 5.32 Å². The smallest absolute Gasteiger partial charge is 0.157 e. The highest BCUT2D eigenvalue weighted by Gasteiger charge is 2.36. The maximum absolute atomic E-state index is 4.98. The zero-order chi connectivity index (χ0) is 11.9. The van der Waals surface area contributed by atoms with Crippen LogP contribution in [0.3, 0.4) is 0 Å². The van der Waals surface area contributed by atoms with Crippen LogP contribution in [-0.4, -0.2) is 46.5 Å². The van der Waals surface area contributed by atoms with Crippen LogP contribution in [0.25, 0.3) is 0 Å². The molecule has 2 atom stereocenters. The van der Waals surface area contributed by atoms with Gasteiger partial charge in [-0.3, -0.25) is 9.89 Å². The van der Waals surface area contributed by atoms with Gasteiger partial charge in [0.1, 0.15) is 0 Å². The maximum Gasteiger partial charge on any atom is 0.157 e. The van der Waals surface area contributed by atoms with Crippen LogP contribution >= 0.6 is 11.8 Å². The summed E-state index contributed by atoms with van der Waals surface area (Å²) in [5, 5.41) is 4.73. The second-order valence-corrected chi connectivity index (χ2v) is 7.15. The highest BCUT2D eigenvalue weighted by molar-refractivity contribution is 8.14. The summed E-state index contributed by atoms with van der Waals surface area (Å²) >= 11 is 1.90. The number of fused-ring (bicyclic) bond motifs is 1. The molecule has 0 bridgehead atoms. The minimum absolute atomic E-state index is 0.231. The van der Waals surface area contributed by atoms with Crippen molar-refractivity contribution in [2.75, 3.05) is 18.8 Å². The molecule has 0 radical (unpaired) electrons. The van der Waals surface area contributed by atoms with Crippen molar-refractivity contribution in [3.8, 4) is 0 Å². The van der Waals surface area contributed by atoms with E-state index >= 15 is 0 Å². The number of aliphatic imine (C=N–C) groups is 1. The van der Waals surface area contributed by atoms with Gasteiger partial charge in [0.25, 0.3) is 0 Å². The molecule has 96 valence electrons. The van der Waals surface area contributed by atoms with Crippen LogP contribution in [0.1, 0.15) is 39.5 Å². The van der Waals surface area contributed by atoms with Crippen molar-refractivity contribution in [1.82, 2.24) is 10.2 Å². The van der Waals surface area contributed by atoms with Crippen molar-refractivity contribution in [2.45, 2.75) is 57.2 Å². The number of amidine groups is 1. The quantitative estimate of drug-likeness (QED) is 0.775. The first-order chi connectivity index (χ1) is 8.14. The molecule has 3 fully saturated rings. The second kappa shape index (κ2) is 4.47. The van der Waals surface area contributed by atoms with Crippen molar-refractivity contribution in [2.24, 2.45) is 4.99 Å². The Kier molecular flexibility index (Phi) is 3.11. The second-order valence-electron chi connectivity index (χ2n) is 6.19. The molecular formula is C13H23N3S. The normalized spacial score (nSPS) is 39.3. The summed E-state index contributed by atoms with van der Waals surface area (Å²) in [6.07, 6.45) is 5.40. The Morgan fingerprint density at radius 3 is 2.94 bits per heavy atom. The van der Waals surface area contributed by atoms with Gasteiger partial charge >= 0.3 is 0 Å². The zero-order valence-electron chi connectivity index (χ0n) is 10.9. The molecule has 0 spiro atoms. The molecule has 0 aromatic heterocycles. The van der Waals surface area contributed by atoms with Gasteiger partial charge in [-0.05, 0) is 39.7 Å². The van der Waals surface area contributed by atoms with Gasteiger partial charge in [-0.2, -0.15) is 0 Å². The Balaban J connectivity index is 1.67. The minimum Gasteiger partial charge on any atom is -0.359 e. The molecule has 17 heavy (non-hydrogen) atoms. The van der Waals surface area contributed by atoms with Crippen LogP contribution in [0.2, 0.25) is 0 Å². The SMILES string of the molecule is CC1(C)CSC(=NC2CCN3CCCCC23)N1. The van der Waals surface area contributed by atoms with Crippen LogP contribution in [-0.2, 0) is 0 Å². The summed E-state index contributed by atoms with van der Waals surface area (Å²) in [6, 6.07) is 1.29. The molecule has 0 amide bonds. The van der Waals surface area contributed by atoms with Crippen molar-refractivity contribution in [3.63, 3.8) is 0 Å². The Morgan fingerprint density at radius 2 is 2.18 bits per heavy atom. The fraction of sp³-hybridized carbons (Fsp3) is 0.923. The van der Waals surface area contributed by atoms with E-state index in [4.69, 9.17) is 4.99 Å². The fourth-order valence-electron chi connectivity index (χ4n) is 3.20. The topological polar surface area (TPSA) is 27.6 Å². The first-order valence-electron chi connectivity index (χ1n) is 6.87. The highest BCUT2D eigenvalue weighted by Crippen LogP contribution is 2.31. The summed E-state index contributed by atoms with van der Waals surface area (Å²) in [5.74, 6) is 1.15. The molecule has 0 aromatic carbocycles.